The lowest BCUT2D eigenvalue weighted by Crippen LogP contribution is -2.13. The molecule has 0 atom stereocenters. The van der Waals surface area contributed by atoms with Crippen molar-refractivity contribution in [1.82, 2.24) is 10.3 Å². The van der Waals surface area contributed by atoms with E-state index in [2.05, 4.69) is 10.3 Å². The molecular formula is C13H16N2O2S. The van der Waals surface area contributed by atoms with Crippen LogP contribution in [0.15, 0.2) is 29.8 Å². The highest BCUT2D eigenvalue weighted by atomic mass is 32.1. The Morgan fingerprint density at radius 2 is 2.11 bits per heavy atom. The molecule has 0 radical (unpaired) electrons. The van der Waals surface area contributed by atoms with Gasteiger partial charge in [-0.3, -0.25) is 0 Å². The van der Waals surface area contributed by atoms with Crippen LogP contribution in [0.2, 0.25) is 0 Å². The molecule has 1 heterocycles. The second-order valence-electron chi connectivity index (χ2n) is 3.71. The molecule has 1 N–H and O–H groups in total. The zero-order valence-corrected chi connectivity index (χ0v) is 11.3. The van der Waals surface area contributed by atoms with E-state index in [1.807, 2.05) is 29.8 Å². The molecule has 0 fully saturated rings. The Hall–Kier alpha value is -1.59. The lowest BCUT2D eigenvalue weighted by Gasteiger charge is -2.10. The minimum absolute atomic E-state index is 0.722. The Labute approximate surface area is 111 Å². The standard InChI is InChI=1S/C13H16N2O2S/c1-16-11-3-4-12(17-2)10(7-11)8-14-9-13-15-5-6-18-13/h3-7,14H,8-9H2,1-2H3. The van der Waals surface area contributed by atoms with E-state index in [1.54, 1.807) is 25.6 Å². The molecule has 0 aliphatic rings. The van der Waals surface area contributed by atoms with Gasteiger partial charge in [-0.1, -0.05) is 0 Å². The highest BCUT2D eigenvalue weighted by Gasteiger charge is 2.05. The third-order valence-corrected chi connectivity index (χ3v) is 3.34. The van der Waals surface area contributed by atoms with Gasteiger partial charge in [-0.2, -0.15) is 0 Å². The van der Waals surface area contributed by atoms with Gasteiger partial charge in [0.15, 0.2) is 0 Å². The maximum atomic E-state index is 5.32. The fraction of sp³-hybridized carbons (Fsp3) is 0.308. The smallest absolute Gasteiger partial charge is 0.123 e. The molecule has 0 unspecified atom stereocenters. The minimum Gasteiger partial charge on any atom is -0.497 e. The predicted octanol–water partition coefficient (Wildman–Crippen LogP) is 2.45. The summed E-state index contributed by atoms with van der Waals surface area (Å²) in [5.74, 6) is 1.70. The fourth-order valence-corrected chi connectivity index (χ4v) is 2.25. The molecule has 0 amide bonds. The fourth-order valence-electron chi connectivity index (χ4n) is 1.66. The molecule has 96 valence electrons. The Balaban J connectivity index is 1.98. The summed E-state index contributed by atoms with van der Waals surface area (Å²) < 4.78 is 10.5. The highest BCUT2D eigenvalue weighted by Crippen LogP contribution is 2.23. The molecule has 5 heteroatoms. The zero-order chi connectivity index (χ0) is 12.8. The van der Waals surface area contributed by atoms with E-state index in [4.69, 9.17) is 9.47 Å². The number of benzene rings is 1. The number of hydrogen-bond acceptors (Lipinski definition) is 5. The first-order valence-corrected chi connectivity index (χ1v) is 6.51. The van der Waals surface area contributed by atoms with E-state index in [1.165, 1.54) is 0 Å². The normalized spacial score (nSPS) is 10.3. The van der Waals surface area contributed by atoms with Crippen LogP contribution in [0.3, 0.4) is 0 Å². The van der Waals surface area contributed by atoms with Crippen LogP contribution in [0, 0.1) is 0 Å². The average molecular weight is 264 g/mol. The Morgan fingerprint density at radius 3 is 2.78 bits per heavy atom. The molecule has 0 spiro atoms. The van der Waals surface area contributed by atoms with Crippen molar-refractivity contribution in [2.45, 2.75) is 13.1 Å². The van der Waals surface area contributed by atoms with E-state index in [-0.39, 0.29) is 0 Å². The number of nitrogens with one attached hydrogen (secondary N) is 1. The van der Waals surface area contributed by atoms with Gasteiger partial charge in [0.2, 0.25) is 0 Å². The molecule has 4 nitrogen and oxygen atoms in total. The molecule has 18 heavy (non-hydrogen) atoms. The third-order valence-electron chi connectivity index (χ3n) is 2.56. The van der Waals surface area contributed by atoms with Crippen LogP contribution in [0.4, 0.5) is 0 Å². The second-order valence-corrected chi connectivity index (χ2v) is 4.69. The minimum atomic E-state index is 0.722. The van der Waals surface area contributed by atoms with E-state index in [0.717, 1.165) is 35.2 Å². The summed E-state index contributed by atoms with van der Waals surface area (Å²) in [6, 6.07) is 5.79. The number of rotatable bonds is 6. The van der Waals surface area contributed by atoms with Gasteiger partial charge in [0.1, 0.15) is 16.5 Å². The van der Waals surface area contributed by atoms with Crippen molar-refractivity contribution in [3.63, 3.8) is 0 Å². The van der Waals surface area contributed by atoms with Crippen molar-refractivity contribution in [2.24, 2.45) is 0 Å². The van der Waals surface area contributed by atoms with Crippen molar-refractivity contribution in [1.29, 1.82) is 0 Å². The second kappa shape index (κ2) is 6.37. The van der Waals surface area contributed by atoms with Crippen molar-refractivity contribution < 1.29 is 9.47 Å². The highest BCUT2D eigenvalue weighted by molar-refractivity contribution is 7.09. The summed E-state index contributed by atoms with van der Waals surface area (Å²) in [5.41, 5.74) is 1.08. The lowest BCUT2D eigenvalue weighted by molar-refractivity contribution is 0.397. The maximum absolute atomic E-state index is 5.32. The summed E-state index contributed by atoms with van der Waals surface area (Å²) in [6.45, 7) is 1.48. The predicted molar refractivity (Wildman–Crippen MR) is 72.2 cm³/mol. The van der Waals surface area contributed by atoms with Gasteiger partial charge in [0, 0.05) is 30.2 Å². The average Bonchev–Trinajstić information content (AvgIpc) is 2.92. The van der Waals surface area contributed by atoms with Gasteiger partial charge in [-0.25, -0.2) is 4.98 Å². The molecule has 2 aromatic rings. The number of hydrogen-bond donors (Lipinski definition) is 1. The monoisotopic (exact) mass is 264 g/mol. The van der Waals surface area contributed by atoms with Gasteiger partial charge in [0.05, 0.1) is 14.2 Å². The Kier molecular flexibility index (Phi) is 4.55. The van der Waals surface area contributed by atoms with Crippen LogP contribution in [-0.4, -0.2) is 19.2 Å². The first-order valence-electron chi connectivity index (χ1n) is 5.63. The van der Waals surface area contributed by atoms with Gasteiger partial charge >= 0.3 is 0 Å². The summed E-state index contributed by atoms with van der Waals surface area (Å²) >= 11 is 1.65. The first-order chi connectivity index (χ1) is 8.83. The van der Waals surface area contributed by atoms with Crippen LogP contribution in [-0.2, 0) is 13.1 Å². The number of nitrogens with zero attached hydrogens (tertiary/aromatic N) is 1. The molecule has 1 aromatic heterocycles. The van der Waals surface area contributed by atoms with Crippen LogP contribution in [0.25, 0.3) is 0 Å². The SMILES string of the molecule is COc1ccc(OC)c(CNCc2nccs2)c1. The molecule has 0 aliphatic carbocycles. The van der Waals surface area contributed by atoms with Crippen LogP contribution < -0.4 is 14.8 Å². The summed E-state index contributed by atoms with van der Waals surface area (Å²) in [5, 5.41) is 6.40. The number of ether oxygens (including phenoxy) is 2. The Bertz CT molecular complexity index is 486. The van der Waals surface area contributed by atoms with Gasteiger partial charge < -0.3 is 14.8 Å². The van der Waals surface area contributed by atoms with Crippen LogP contribution in [0.1, 0.15) is 10.6 Å². The van der Waals surface area contributed by atoms with Gasteiger partial charge in [-0.05, 0) is 18.2 Å². The maximum Gasteiger partial charge on any atom is 0.123 e. The van der Waals surface area contributed by atoms with Crippen molar-refractivity contribution in [3.8, 4) is 11.5 Å². The first kappa shape index (κ1) is 12.9. The number of thiazole rings is 1. The molecule has 2 rings (SSSR count). The molecular weight excluding hydrogens is 248 g/mol. The topological polar surface area (TPSA) is 43.4 Å². The van der Waals surface area contributed by atoms with Crippen LogP contribution in [0.5, 0.6) is 11.5 Å². The Morgan fingerprint density at radius 1 is 1.22 bits per heavy atom. The largest absolute Gasteiger partial charge is 0.497 e. The van der Waals surface area contributed by atoms with Gasteiger partial charge in [0.25, 0.3) is 0 Å². The lowest BCUT2D eigenvalue weighted by atomic mass is 10.2. The molecule has 1 aromatic carbocycles. The van der Waals surface area contributed by atoms with Crippen molar-refractivity contribution in [2.75, 3.05) is 14.2 Å². The number of methoxy groups -OCH3 is 2. The summed E-state index contributed by atoms with van der Waals surface area (Å²) in [4.78, 5) is 4.22. The van der Waals surface area contributed by atoms with E-state index in [0.29, 0.717) is 0 Å². The molecule has 0 bridgehead atoms. The van der Waals surface area contributed by atoms with E-state index >= 15 is 0 Å². The third kappa shape index (κ3) is 3.21. The van der Waals surface area contributed by atoms with E-state index in [9.17, 15) is 0 Å². The van der Waals surface area contributed by atoms with E-state index < -0.39 is 0 Å². The summed E-state index contributed by atoms with van der Waals surface area (Å²) in [6.07, 6.45) is 1.81. The quantitative estimate of drug-likeness (QED) is 0.870. The molecule has 0 aliphatic heterocycles. The van der Waals surface area contributed by atoms with Gasteiger partial charge in [-0.15, -0.1) is 11.3 Å². The van der Waals surface area contributed by atoms with Crippen molar-refractivity contribution >= 4 is 11.3 Å². The van der Waals surface area contributed by atoms with Crippen molar-refractivity contribution in [3.05, 3.63) is 40.3 Å². The summed E-state index contributed by atoms with van der Waals surface area (Å²) in [7, 11) is 3.33. The zero-order valence-electron chi connectivity index (χ0n) is 10.5. The molecule has 0 saturated carbocycles. The molecule has 0 saturated heterocycles. The van der Waals surface area contributed by atoms with Crippen LogP contribution >= 0.6 is 11.3 Å². The number of aromatic nitrogens is 1.